The molecule has 0 amide bonds. The van der Waals surface area contributed by atoms with Crippen molar-refractivity contribution in [3.05, 3.63) is 83.4 Å². The zero-order valence-corrected chi connectivity index (χ0v) is 14.2. The first kappa shape index (κ1) is 14.6. The minimum absolute atomic E-state index is 1.12. The van der Waals surface area contributed by atoms with E-state index in [-0.39, 0.29) is 0 Å². The maximum absolute atomic E-state index is 3.56. The molecule has 0 radical (unpaired) electrons. The van der Waals surface area contributed by atoms with Crippen molar-refractivity contribution < 1.29 is 0 Å². The summed E-state index contributed by atoms with van der Waals surface area (Å²) in [4.78, 5) is 0. The van der Waals surface area contributed by atoms with E-state index in [2.05, 4.69) is 96.6 Å². The normalized spacial score (nSPS) is 12.6. The third-order valence-electron chi connectivity index (χ3n) is 4.44. The predicted octanol–water partition coefficient (Wildman–Crippen LogP) is 5.47. The Morgan fingerprint density at radius 2 is 1.21 bits per heavy atom. The zero-order chi connectivity index (χ0) is 16.7. The Labute approximate surface area is 142 Å². The molecule has 0 saturated heterocycles. The largest absolute Gasteiger partial charge is 0.503 e. The van der Waals surface area contributed by atoms with Crippen molar-refractivity contribution in [3.63, 3.8) is 0 Å². The number of hydrogen-bond acceptors (Lipinski definition) is 0. The molecule has 1 heterocycles. The number of fused-ring (bicyclic) bond motifs is 1. The second-order valence-electron chi connectivity index (χ2n) is 6.34. The first-order chi connectivity index (χ1) is 11.6. The summed E-state index contributed by atoms with van der Waals surface area (Å²) >= 11 is 0. The van der Waals surface area contributed by atoms with Crippen LogP contribution < -0.4 is 9.15 Å². The van der Waals surface area contributed by atoms with E-state index < -0.39 is 0 Å². The highest BCUT2D eigenvalue weighted by Gasteiger charge is 2.37. The van der Waals surface area contributed by atoms with Gasteiger partial charge in [0.2, 0.25) is 11.4 Å². The highest BCUT2D eigenvalue weighted by molar-refractivity contribution is 5.85. The fourth-order valence-electron chi connectivity index (χ4n) is 3.52. The molecule has 0 saturated carbocycles. The minimum Gasteiger partial charge on any atom is -0.0618 e. The summed E-state index contributed by atoms with van der Waals surface area (Å²) in [5.74, 6) is 0. The van der Waals surface area contributed by atoms with Crippen molar-refractivity contribution in [3.8, 4) is 0 Å². The van der Waals surface area contributed by atoms with E-state index in [1.807, 2.05) is 6.07 Å². The number of aryl methyl sites for hydroxylation is 3. The second-order valence-corrected chi connectivity index (χ2v) is 6.34. The summed E-state index contributed by atoms with van der Waals surface area (Å²) in [6.45, 7) is 6.49. The average Bonchev–Trinajstić information content (AvgIpc) is 2.94. The molecule has 0 N–H and O–H groups in total. The molecule has 1 aliphatic heterocycles. The van der Waals surface area contributed by atoms with Gasteiger partial charge in [0.15, 0.2) is 0 Å². The summed E-state index contributed by atoms with van der Waals surface area (Å²) in [6.07, 6.45) is 0. The molecule has 0 spiro atoms. The van der Waals surface area contributed by atoms with E-state index in [1.165, 1.54) is 22.4 Å². The van der Waals surface area contributed by atoms with Gasteiger partial charge in [-0.2, -0.15) is 0 Å². The summed E-state index contributed by atoms with van der Waals surface area (Å²) in [5.41, 5.74) is 8.48. The van der Waals surface area contributed by atoms with Gasteiger partial charge in [-0.3, -0.25) is 0 Å². The Kier molecular flexibility index (Phi) is 3.41. The first-order valence-electron chi connectivity index (χ1n) is 8.23. The van der Waals surface area contributed by atoms with Gasteiger partial charge >= 0.3 is 6.01 Å². The van der Waals surface area contributed by atoms with Crippen LogP contribution in [0.25, 0.3) is 0 Å². The van der Waals surface area contributed by atoms with Crippen molar-refractivity contribution in [2.45, 2.75) is 20.8 Å². The van der Waals surface area contributed by atoms with Crippen LogP contribution in [0.3, 0.4) is 0 Å². The molecule has 4 rings (SSSR count). The molecule has 0 bridgehead atoms. The monoisotopic (exact) mass is 312 g/mol. The quantitative estimate of drug-likeness (QED) is 0.433. The van der Waals surface area contributed by atoms with Gasteiger partial charge in [-0.25, -0.2) is 0 Å². The second kappa shape index (κ2) is 5.59. The number of rotatable bonds is 2. The van der Waals surface area contributed by atoms with Gasteiger partial charge in [0.1, 0.15) is 0 Å². The molecule has 0 atom stereocenters. The summed E-state index contributed by atoms with van der Waals surface area (Å²) in [7, 11) is 0. The van der Waals surface area contributed by atoms with Crippen LogP contribution in [0.4, 0.5) is 22.7 Å². The van der Waals surface area contributed by atoms with Crippen molar-refractivity contribution in [2.75, 3.05) is 0 Å². The number of hydrogen-bond donors (Lipinski definition) is 0. The Morgan fingerprint density at radius 3 is 1.83 bits per heavy atom. The van der Waals surface area contributed by atoms with Crippen molar-refractivity contribution >= 4 is 28.8 Å². The van der Waals surface area contributed by atoms with E-state index in [0.29, 0.717) is 0 Å². The van der Waals surface area contributed by atoms with Gasteiger partial charge in [-0.1, -0.05) is 35.9 Å². The molecule has 3 aromatic carbocycles. The topological polar surface area (TPSA) is 6.02 Å². The Bertz CT molecular complexity index is 984. The highest BCUT2D eigenvalue weighted by atomic mass is 15.2. The van der Waals surface area contributed by atoms with Crippen LogP contribution in [0.5, 0.6) is 0 Å². The van der Waals surface area contributed by atoms with E-state index in [9.17, 15) is 0 Å². The van der Waals surface area contributed by atoms with E-state index in [1.54, 1.807) is 0 Å². The van der Waals surface area contributed by atoms with Crippen LogP contribution in [-0.2, 0) is 0 Å². The predicted molar refractivity (Wildman–Crippen MR) is 101 cm³/mol. The minimum atomic E-state index is 1.12. The van der Waals surface area contributed by atoms with Crippen LogP contribution >= 0.6 is 0 Å². The van der Waals surface area contributed by atoms with Crippen molar-refractivity contribution in [1.29, 1.82) is 0 Å². The van der Waals surface area contributed by atoms with E-state index in [4.69, 9.17) is 0 Å². The van der Waals surface area contributed by atoms with E-state index in [0.717, 1.165) is 17.1 Å². The third kappa shape index (κ3) is 2.29. The van der Waals surface area contributed by atoms with Crippen LogP contribution in [0.2, 0.25) is 0 Å². The van der Waals surface area contributed by atoms with Crippen LogP contribution in [-0.4, -0.2) is 6.01 Å². The number of para-hydroxylation sites is 3. The van der Waals surface area contributed by atoms with Gasteiger partial charge < -0.3 is 0 Å². The van der Waals surface area contributed by atoms with Gasteiger partial charge in [0.25, 0.3) is 11.4 Å². The molecule has 1 aliphatic rings. The van der Waals surface area contributed by atoms with Gasteiger partial charge in [0, 0.05) is 35.4 Å². The molecule has 0 fully saturated rings. The molecule has 0 unspecified atom stereocenters. The van der Waals surface area contributed by atoms with E-state index >= 15 is 0 Å². The Hall–Kier alpha value is -2.96. The van der Waals surface area contributed by atoms with Crippen LogP contribution in [0, 0.1) is 20.8 Å². The highest BCUT2D eigenvalue weighted by Crippen LogP contribution is 2.37. The molecule has 3 aromatic rings. The molecule has 0 aliphatic carbocycles. The van der Waals surface area contributed by atoms with Gasteiger partial charge in [0.05, 0.1) is 0 Å². The lowest BCUT2D eigenvalue weighted by atomic mass is 10.0. The fourth-order valence-corrected chi connectivity index (χ4v) is 3.52. The SMILES string of the molecule is Cc1cc(C)c([N+]2=C=[N+](c3ccccc3)c3ccccc32)c(C)c1. The fraction of sp³-hybridized carbons (Fsp3) is 0.136. The number of benzene rings is 3. The zero-order valence-electron chi connectivity index (χ0n) is 14.2. The first-order valence-corrected chi connectivity index (χ1v) is 8.23. The molecule has 2 heteroatoms. The third-order valence-corrected chi connectivity index (χ3v) is 4.44. The molecule has 0 aromatic heterocycles. The molecule has 116 valence electrons. The van der Waals surface area contributed by atoms with Crippen LogP contribution in [0.15, 0.2) is 66.7 Å². The lowest BCUT2D eigenvalue weighted by Crippen LogP contribution is -2.04. The van der Waals surface area contributed by atoms with Crippen LogP contribution in [0.1, 0.15) is 16.7 Å². The van der Waals surface area contributed by atoms with Gasteiger partial charge in [-0.15, -0.1) is 0 Å². The molecular weight excluding hydrogens is 292 g/mol. The Balaban J connectivity index is 2.03. The average molecular weight is 312 g/mol. The summed E-state index contributed by atoms with van der Waals surface area (Å²) in [5, 5.41) is 0. The lowest BCUT2D eigenvalue weighted by Gasteiger charge is -2.04. The summed E-state index contributed by atoms with van der Waals surface area (Å²) in [6, 6.07) is 26.9. The number of nitrogens with zero attached hydrogens (tertiary/aromatic N) is 2. The lowest BCUT2D eigenvalue weighted by molar-refractivity contribution is 1.07. The molecular formula is C22H20N2+2. The smallest absolute Gasteiger partial charge is 0.0618 e. The summed E-state index contributed by atoms with van der Waals surface area (Å²) < 4.78 is 4.32. The standard InChI is InChI=1S/C22H20N2/c1-16-13-17(2)22(18(3)14-16)24-15-23(19-9-5-4-6-10-19)20-11-7-8-12-21(20)24/h4-14H,1-3H3/q+2. The molecule has 2 nitrogen and oxygen atoms in total. The maximum atomic E-state index is 3.56. The van der Waals surface area contributed by atoms with Gasteiger partial charge in [-0.05, 0) is 42.1 Å². The maximum Gasteiger partial charge on any atom is 0.503 e. The van der Waals surface area contributed by atoms with Crippen molar-refractivity contribution in [2.24, 2.45) is 0 Å². The Morgan fingerprint density at radius 1 is 0.667 bits per heavy atom. The molecule has 24 heavy (non-hydrogen) atoms. The van der Waals surface area contributed by atoms with Crippen molar-refractivity contribution in [1.82, 2.24) is 9.15 Å².